The number of ether oxygens (including phenoxy) is 2. The lowest BCUT2D eigenvalue weighted by atomic mass is 9.84. The lowest BCUT2D eigenvalue weighted by Gasteiger charge is -2.41. The summed E-state index contributed by atoms with van der Waals surface area (Å²) in [6, 6.07) is 7.02. The molecule has 4 aliphatic heterocycles. The number of hydrogen-bond acceptors (Lipinski definition) is 12. The molecule has 68 heavy (non-hydrogen) atoms. The number of esters is 1. The second-order valence-electron chi connectivity index (χ2n) is 20.0. The van der Waals surface area contributed by atoms with E-state index in [2.05, 4.69) is 65.7 Å². The summed E-state index contributed by atoms with van der Waals surface area (Å²) in [5.74, 6) is -1.64. The van der Waals surface area contributed by atoms with Gasteiger partial charge in [0.15, 0.2) is 0 Å². The number of aromatic nitrogens is 3. The molecule has 0 saturated carbocycles. The zero-order chi connectivity index (χ0) is 48.6. The minimum Gasteiger partial charge on any atom is -0.464 e. The molecule has 3 N–H and O–H groups in total. The number of pyridine rings is 1. The number of carbonyl (C=O) groups is 5. The quantitative estimate of drug-likeness (QED) is 0.140. The van der Waals surface area contributed by atoms with Crippen molar-refractivity contribution in [3.8, 4) is 22.5 Å². The number of aryl methyl sites for hydroxylation is 1. The first-order valence-electron chi connectivity index (χ1n) is 24.1. The number of amides is 5. The van der Waals surface area contributed by atoms with Crippen molar-refractivity contribution in [2.45, 2.75) is 123 Å². The first kappa shape index (κ1) is 49.0. The van der Waals surface area contributed by atoms with E-state index in [-0.39, 0.29) is 49.1 Å². The Morgan fingerprint density at radius 1 is 1.09 bits per heavy atom. The average molecular weight is 953 g/mol. The maximum Gasteiger partial charge on any atom is 0.324 e. The Morgan fingerprint density at radius 3 is 2.57 bits per heavy atom. The fourth-order valence-electron chi connectivity index (χ4n) is 10.2. The normalized spacial score (nSPS) is 22.9. The van der Waals surface area contributed by atoms with Crippen molar-refractivity contribution < 1.29 is 33.4 Å². The molecule has 366 valence electrons. The van der Waals surface area contributed by atoms with E-state index in [0.29, 0.717) is 57.0 Å². The highest BCUT2D eigenvalue weighted by Gasteiger charge is 2.41. The van der Waals surface area contributed by atoms with Crippen molar-refractivity contribution in [2.24, 2.45) is 11.3 Å². The van der Waals surface area contributed by atoms with Crippen LogP contribution in [0.5, 0.6) is 0 Å². The minimum atomic E-state index is -1.08. The van der Waals surface area contributed by atoms with E-state index in [4.69, 9.17) is 19.4 Å². The smallest absolute Gasteiger partial charge is 0.324 e. The number of cyclic esters (lactones) is 1. The van der Waals surface area contributed by atoms with Crippen LogP contribution in [0, 0.1) is 11.3 Å². The summed E-state index contributed by atoms with van der Waals surface area (Å²) in [5.41, 5.74) is 9.29. The van der Waals surface area contributed by atoms with Crippen molar-refractivity contribution in [1.82, 2.24) is 50.3 Å². The number of nitrogens with zero attached hydrogens (tertiary/aromatic N) is 7. The molecule has 8 rings (SSSR count). The predicted molar refractivity (Wildman–Crippen MR) is 260 cm³/mol. The number of rotatable bonds is 10. The van der Waals surface area contributed by atoms with Gasteiger partial charge in [0.25, 0.3) is 5.91 Å². The van der Waals surface area contributed by atoms with Crippen molar-refractivity contribution >= 4 is 52.0 Å². The molecule has 3 saturated heterocycles. The molecule has 6 bridgehead atoms. The van der Waals surface area contributed by atoms with Gasteiger partial charge in [0.05, 0.1) is 40.8 Å². The van der Waals surface area contributed by atoms with Crippen molar-refractivity contribution in [3.63, 3.8) is 0 Å². The molecular formula is C50H68N10O7S. The first-order valence-corrected chi connectivity index (χ1v) is 25.0. The van der Waals surface area contributed by atoms with Crippen molar-refractivity contribution in [3.05, 3.63) is 58.2 Å². The molecule has 3 fully saturated rings. The third-order valence-electron chi connectivity index (χ3n) is 14.0. The van der Waals surface area contributed by atoms with Gasteiger partial charge in [-0.2, -0.15) is 0 Å². The van der Waals surface area contributed by atoms with Crippen LogP contribution >= 0.6 is 11.3 Å². The number of likely N-dealkylation sites (N-methyl/N-ethyl adjacent to an activating group) is 2. The molecule has 1 unspecified atom stereocenters. The standard InChI is InChI=1S/C50H68N10O7S/c1-10-59-40-18-17-31-22-34(40)35(44(59)33-15-11-19-51-42(33)30(4)66-9)24-50(5,6)28-67-48(64)36-16-13-21-60(55-36)47(63)37(23-41-53-39(31)27-68-41)54-45(61)43(29(2)3)57(8)49(65)58-20-12-14-32(26-58)56(7)46(62)38-25-52-38/h11,15,17-19,22,27,29-30,32,36-38,43,52,55H,10,12-14,16,20-21,23-26,28H2,1-9H3,(H,54,61)/t30-,32-,36-,37-,38-,43?/m0/s1. The van der Waals surface area contributed by atoms with Crippen LogP contribution in [0.2, 0.25) is 0 Å². The Hall–Kier alpha value is -5.43. The van der Waals surface area contributed by atoms with Crippen LogP contribution in [-0.4, -0.2) is 148 Å². The molecule has 0 spiro atoms. The lowest BCUT2D eigenvalue weighted by molar-refractivity contribution is -0.155. The Kier molecular flexibility index (Phi) is 14.6. The minimum absolute atomic E-state index is 0.0220. The van der Waals surface area contributed by atoms with Gasteiger partial charge < -0.3 is 39.4 Å². The predicted octanol–water partition coefficient (Wildman–Crippen LogP) is 5.17. The van der Waals surface area contributed by atoms with Crippen LogP contribution in [0.25, 0.3) is 33.4 Å². The van der Waals surface area contributed by atoms with E-state index in [9.17, 15) is 24.0 Å². The van der Waals surface area contributed by atoms with Gasteiger partial charge in [-0.3, -0.25) is 29.2 Å². The fraction of sp³-hybridized carbons (Fsp3) is 0.580. The van der Waals surface area contributed by atoms with Gasteiger partial charge in [0.1, 0.15) is 18.1 Å². The maximum absolute atomic E-state index is 14.7. The molecular weight excluding hydrogens is 885 g/mol. The zero-order valence-electron chi connectivity index (χ0n) is 41.0. The monoisotopic (exact) mass is 952 g/mol. The number of methoxy groups -OCH3 is 1. The van der Waals surface area contributed by atoms with E-state index < -0.39 is 41.3 Å². The molecule has 4 aliphatic rings. The van der Waals surface area contributed by atoms with Gasteiger partial charge in [0, 0.05) is 105 Å². The summed E-state index contributed by atoms with van der Waals surface area (Å²) in [4.78, 5) is 85.1. The van der Waals surface area contributed by atoms with Crippen LogP contribution in [-0.2, 0) is 48.0 Å². The van der Waals surface area contributed by atoms with E-state index in [0.717, 1.165) is 57.5 Å². The van der Waals surface area contributed by atoms with Crippen LogP contribution in [0.4, 0.5) is 4.79 Å². The zero-order valence-corrected chi connectivity index (χ0v) is 41.8. The highest BCUT2D eigenvalue weighted by molar-refractivity contribution is 7.10. The number of hydrogen-bond donors (Lipinski definition) is 3. The number of hydrazine groups is 1. The summed E-state index contributed by atoms with van der Waals surface area (Å²) in [6.07, 6.45) is 4.71. The number of benzene rings is 1. The Balaban J connectivity index is 1.13. The van der Waals surface area contributed by atoms with E-state index in [1.165, 1.54) is 21.2 Å². The van der Waals surface area contributed by atoms with Crippen LogP contribution in [0.15, 0.2) is 41.9 Å². The molecule has 4 aromatic rings. The molecule has 3 aromatic heterocycles. The van der Waals surface area contributed by atoms with Gasteiger partial charge in [-0.25, -0.2) is 15.2 Å². The van der Waals surface area contributed by atoms with Gasteiger partial charge in [-0.15, -0.1) is 11.3 Å². The lowest BCUT2D eigenvalue weighted by Crippen LogP contribution is -2.63. The molecule has 7 heterocycles. The highest BCUT2D eigenvalue weighted by atomic mass is 32.1. The number of piperidine rings is 1. The van der Waals surface area contributed by atoms with Gasteiger partial charge in [-0.05, 0) is 81.7 Å². The number of thiazole rings is 1. The largest absolute Gasteiger partial charge is 0.464 e. The second kappa shape index (κ2) is 20.3. The van der Waals surface area contributed by atoms with Crippen molar-refractivity contribution in [2.75, 3.05) is 54.0 Å². The topological polar surface area (TPSA) is 193 Å². The van der Waals surface area contributed by atoms with Crippen LogP contribution in [0.3, 0.4) is 0 Å². The molecule has 18 heteroatoms. The summed E-state index contributed by atoms with van der Waals surface area (Å²) in [7, 11) is 5.10. The van der Waals surface area contributed by atoms with Crippen LogP contribution < -0.4 is 16.1 Å². The third-order valence-corrected chi connectivity index (χ3v) is 14.9. The third kappa shape index (κ3) is 10.1. The Bertz CT molecular complexity index is 2540. The van der Waals surface area contributed by atoms with E-state index in [1.807, 2.05) is 32.2 Å². The number of likely N-dealkylation sites (tertiary alicyclic amines) is 1. The van der Waals surface area contributed by atoms with Gasteiger partial charge >= 0.3 is 12.0 Å². The number of fused-ring (bicyclic) bond motifs is 6. The number of urea groups is 1. The SMILES string of the molecule is CCn1c(-c2cccnc2[C@H](C)OC)c2c3cc(ccc31)-c1csc(n1)C[C@H](NC(=O)C(C(C)C)N(C)C(=O)N1CCC[C@H](N(C)C(=O)[C@@H]3CN3)C1)C(=O)N1CCC[C@H](N1)C(=O)OCC(C)(C)C2. The van der Waals surface area contributed by atoms with Crippen molar-refractivity contribution in [1.29, 1.82) is 0 Å². The summed E-state index contributed by atoms with van der Waals surface area (Å²) in [6.45, 7) is 14.7. The fourth-order valence-corrected chi connectivity index (χ4v) is 11.0. The summed E-state index contributed by atoms with van der Waals surface area (Å²) >= 11 is 1.41. The van der Waals surface area contributed by atoms with Gasteiger partial charge in [0.2, 0.25) is 11.8 Å². The van der Waals surface area contributed by atoms with Crippen LogP contribution in [0.1, 0.15) is 89.6 Å². The molecule has 5 amide bonds. The highest BCUT2D eigenvalue weighted by Crippen LogP contribution is 2.42. The molecule has 0 radical (unpaired) electrons. The Labute approximate surface area is 403 Å². The van der Waals surface area contributed by atoms with E-state index in [1.54, 1.807) is 37.2 Å². The average Bonchev–Trinajstić information content (AvgIpc) is 4.02. The number of carbonyl (C=O) groups excluding carboxylic acids is 5. The van der Waals surface area contributed by atoms with Gasteiger partial charge in [-0.1, -0.05) is 33.8 Å². The Morgan fingerprint density at radius 2 is 1.85 bits per heavy atom. The van der Waals surface area contributed by atoms with E-state index >= 15 is 0 Å². The second-order valence-corrected chi connectivity index (χ2v) is 20.9. The maximum atomic E-state index is 14.7. The molecule has 17 nitrogen and oxygen atoms in total. The summed E-state index contributed by atoms with van der Waals surface area (Å²) in [5, 5.41) is 11.2. The summed E-state index contributed by atoms with van der Waals surface area (Å²) < 4.78 is 14.3. The molecule has 6 atom stereocenters. The molecule has 0 aliphatic carbocycles. The number of nitrogens with one attached hydrogen (secondary N) is 3. The molecule has 1 aromatic carbocycles. The first-order chi connectivity index (χ1) is 32.5.